The van der Waals surface area contributed by atoms with Crippen molar-refractivity contribution >= 4 is 52.2 Å². The van der Waals surface area contributed by atoms with Crippen molar-refractivity contribution in [3.8, 4) is 11.3 Å². The minimum absolute atomic E-state index is 0.107. The highest BCUT2D eigenvalue weighted by Crippen LogP contribution is 2.35. The topological polar surface area (TPSA) is 75.4 Å². The number of likely N-dealkylation sites (N-methyl/N-ethyl adjacent to an activating group) is 1. The van der Waals surface area contributed by atoms with E-state index in [-0.39, 0.29) is 11.5 Å². The highest BCUT2D eigenvalue weighted by atomic mass is 35.5. The van der Waals surface area contributed by atoms with E-state index in [1.807, 2.05) is 30.3 Å². The highest BCUT2D eigenvalue weighted by molar-refractivity contribution is 8.18. The number of carbonyl (C=O) groups is 2. The number of carbonyl (C=O) groups excluding carboxylic acids is 2. The van der Waals surface area contributed by atoms with Gasteiger partial charge in [0.1, 0.15) is 11.5 Å². The van der Waals surface area contributed by atoms with Crippen molar-refractivity contribution in [2.75, 3.05) is 33.3 Å². The number of furan rings is 1. The molecule has 2 aromatic carbocycles. The Bertz CT molecular complexity index is 1330. The maximum Gasteiger partial charge on any atom is 0.339 e. The molecule has 1 amide bonds. The number of nitrogens with zero attached hydrogens (tertiary/aromatic N) is 3. The van der Waals surface area contributed by atoms with E-state index in [1.54, 1.807) is 41.3 Å². The lowest BCUT2D eigenvalue weighted by Gasteiger charge is -2.22. The van der Waals surface area contributed by atoms with Crippen molar-refractivity contribution in [3.63, 3.8) is 0 Å². The molecular formula is C28H28ClN3O4S. The predicted octanol–water partition coefficient (Wildman–Crippen LogP) is 6.33. The van der Waals surface area contributed by atoms with Gasteiger partial charge in [0.15, 0.2) is 5.17 Å². The van der Waals surface area contributed by atoms with Crippen molar-refractivity contribution in [2.45, 2.75) is 13.8 Å². The van der Waals surface area contributed by atoms with Crippen molar-refractivity contribution in [2.24, 2.45) is 4.99 Å². The number of para-hydroxylation sites is 1. The van der Waals surface area contributed by atoms with E-state index in [9.17, 15) is 9.59 Å². The summed E-state index contributed by atoms with van der Waals surface area (Å²) in [6.07, 6.45) is 1.73. The normalized spacial score (nSPS) is 15.8. The Morgan fingerprint density at radius 1 is 1.14 bits per heavy atom. The molecule has 37 heavy (non-hydrogen) atoms. The number of aliphatic imine (C=N–C) groups is 1. The van der Waals surface area contributed by atoms with Gasteiger partial charge in [-0.1, -0.05) is 43.6 Å². The molecule has 0 spiro atoms. The first-order chi connectivity index (χ1) is 17.9. The summed E-state index contributed by atoms with van der Waals surface area (Å²) in [5.41, 5.74) is 1.72. The largest absolute Gasteiger partial charge is 0.465 e. The SMILES string of the molecule is CCN(CC)CCN1C(=O)/C(=C\c2ccc(-c3ccc(Cl)c(C(=O)OC)c3)o2)SC1=Nc1ccccc1. The Morgan fingerprint density at radius 3 is 2.59 bits per heavy atom. The van der Waals surface area contributed by atoms with Gasteiger partial charge in [0.05, 0.1) is 28.3 Å². The van der Waals surface area contributed by atoms with Gasteiger partial charge in [0.2, 0.25) is 0 Å². The van der Waals surface area contributed by atoms with Crippen LogP contribution in [0.4, 0.5) is 5.69 Å². The lowest BCUT2D eigenvalue weighted by atomic mass is 10.1. The van der Waals surface area contributed by atoms with Gasteiger partial charge in [0, 0.05) is 24.7 Å². The summed E-state index contributed by atoms with van der Waals surface area (Å²) in [5, 5.41) is 0.939. The highest BCUT2D eigenvalue weighted by Gasteiger charge is 2.33. The third-order valence-corrected chi connectivity index (χ3v) is 7.30. The van der Waals surface area contributed by atoms with Crippen LogP contribution in [0.5, 0.6) is 0 Å². The van der Waals surface area contributed by atoms with E-state index in [4.69, 9.17) is 25.7 Å². The fourth-order valence-electron chi connectivity index (χ4n) is 3.84. The standard InChI is InChI=1S/C28H28ClN3O4S/c1-4-31(5-2)15-16-32-26(33)25(37-28(32)30-20-9-7-6-8-10-20)18-21-12-14-24(36-21)19-11-13-23(29)22(17-19)27(34)35-3/h6-14,17-18H,4-5,15-16H2,1-3H3/b25-18+,30-28?. The number of halogens is 1. The number of hydrogen-bond donors (Lipinski definition) is 0. The monoisotopic (exact) mass is 537 g/mol. The molecule has 0 unspecified atom stereocenters. The summed E-state index contributed by atoms with van der Waals surface area (Å²) in [4.78, 5) is 34.7. The zero-order valence-corrected chi connectivity index (χ0v) is 22.5. The van der Waals surface area contributed by atoms with Crippen molar-refractivity contribution in [3.05, 3.63) is 81.9 Å². The van der Waals surface area contributed by atoms with Crippen molar-refractivity contribution in [1.29, 1.82) is 0 Å². The van der Waals surface area contributed by atoms with E-state index in [0.29, 0.717) is 38.7 Å². The molecule has 0 atom stereocenters. The number of hydrogen-bond acceptors (Lipinski definition) is 7. The molecule has 9 heteroatoms. The molecule has 7 nitrogen and oxygen atoms in total. The summed E-state index contributed by atoms with van der Waals surface area (Å²) in [6.45, 7) is 7.34. The number of amidine groups is 1. The van der Waals surface area contributed by atoms with E-state index >= 15 is 0 Å². The van der Waals surface area contributed by atoms with Gasteiger partial charge in [-0.25, -0.2) is 9.79 Å². The Labute approximate surface area is 225 Å². The maximum absolute atomic E-state index is 13.4. The number of rotatable bonds is 9. The van der Waals surface area contributed by atoms with Gasteiger partial charge >= 0.3 is 5.97 Å². The molecular weight excluding hydrogens is 510 g/mol. The van der Waals surface area contributed by atoms with E-state index in [0.717, 1.165) is 25.3 Å². The lowest BCUT2D eigenvalue weighted by molar-refractivity contribution is -0.122. The first kappa shape index (κ1) is 26.7. The average molecular weight is 538 g/mol. The zero-order chi connectivity index (χ0) is 26.4. The van der Waals surface area contributed by atoms with Crippen molar-refractivity contribution in [1.82, 2.24) is 9.80 Å². The van der Waals surface area contributed by atoms with Crippen LogP contribution in [0.3, 0.4) is 0 Å². The molecule has 0 bridgehead atoms. The summed E-state index contributed by atoms with van der Waals surface area (Å²) in [7, 11) is 1.31. The van der Waals surface area contributed by atoms with Gasteiger partial charge < -0.3 is 14.1 Å². The predicted molar refractivity (Wildman–Crippen MR) is 149 cm³/mol. The maximum atomic E-state index is 13.4. The molecule has 1 aliphatic heterocycles. The number of benzene rings is 2. The number of ether oxygens (including phenoxy) is 1. The molecule has 1 fully saturated rings. The zero-order valence-electron chi connectivity index (χ0n) is 20.9. The van der Waals surface area contributed by atoms with E-state index in [1.165, 1.54) is 18.9 Å². The molecule has 1 aliphatic rings. The van der Waals surface area contributed by atoms with E-state index in [2.05, 4.69) is 18.7 Å². The number of amides is 1. The number of methoxy groups -OCH3 is 1. The third-order valence-electron chi connectivity index (χ3n) is 5.96. The number of thioether (sulfide) groups is 1. The molecule has 3 aromatic rings. The van der Waals surface area contributed by atoms with Crippen LogP contribution in [0.25, 0.3) is 17.4 Å². The smallest absolute Gasteiger partial charge is 0.339 e. The summed E-state index contributed by atoms with van der Waals surface area (Å²) >= 11 is 7.47. The summed E-state index contributed by atoms with van der Waals surface area (Å²) in [5.74, 6) is 0.429. The fourth-order valence-corrected chi connectivity index (χ4v) is 5.04. The average Bonchev–Trinajstić information content (AvgIpc) is 3.50. The third kappa shape index (κ3) is 6.33. The molecule has 0 saturated carbocycles. The molecule has 0 N–H and O–H groups in total. The second-order valence-corrected chi connectivity index (χ2v) is 9.63. The lowest BCUT2D eigenvalue weighted by Crippen LogP contribution is -2.37. The second-order valence-electron chi connectivity index (χ2n) is 8.21. The Hall–Kier alpha value is -3.33. The molecule has 1 saturated heterocycles. The Morgan fingerprint density at radius 2 is 1.89 bits per heavy atom. The van der Waals surface area contributed by atoms with Gasteiger partial charge in [-0.2, -0.15) is 0 Å². The number of esters is 1. The van der Waals surface area contributed by atoms with Gasteiger partial charge in [-0.15, -0.1) is 0 Å². The van der Waals surface area contributed by atoms with E-state index < -0.39 is 5.97 Å². The molecule has 192 valence electrons. The minimum Gasteiger partial charge on any atom is -0.465 e. The van der Waals surface area contributed by atoms with Crippen LogP contribution in [0, 0.1) is 0 Å². The van der Waals surface area contributed by atoms with Gasteiger partial charge in [-0.05, 0) is 67.3 Å². The molecule has 0 radical (unpaired) electrons. The summed E-state index contributed by atoms with van der Waals surface area (Å²) < 4.78 is 10.8. The minimum atomic E-state index is -0.524. The molecule has 1 aromatic heterocycles. The first-order valence-corrected chi connectivity index (χ1v) is 13.2. The van der Waals surface area contributed by atoms with Crippen LogP contribution in [-0.2, 0) is 9.53 Å². The van der Waals surface area contributed by atoms with Gasteiger partial charge in [-0.3, -0.25) is 9.69 Å². The van der Waals surface area contributed by atoms with Crippen molar-refractivity contribution < 1.29 is 18.7 Å². The molecule has 4 rings (SSSR count). The quantitative estimate of drug-likeness (QED) is 0.234. The first-order valence-electron chi connectivity index (χ1n) is 12.0. The van der Waals surface area contributed by atoms with Crippen LogP contribution in [0.2, 0.25) is 5.02 Å². The molecule has 0 aliphatic carbocycles. The van der Waals surface area contributed by atoms with Crippen LogP contribution >= 0.6 is 23.4 Å². The van der Waals surface area contributed by atoms with Crippen LogP contribution < -0.4 is 0 Å². The Balaban J connectivity index is 1.61. The fraction of sp³-hybridized carbons (Fsp3) is 0.250. The summed E-state index contributed by atoms with van der Waals surface area (Å²) in [6, 6.07) is 18.2. The Kier molecular flexibility index (Phi) is 8.87. The van der Waals surface area contributed by atoms with Crippen LogP contribution in [-0.4, -0.2) is 60.1 Å². The van der Waals surface area contributed by atoms with Crippen LogP contribution in [0.1, 0.15) is 30.0 Å². The van der Waals surface area contributed by atoms with Crippen LogP contribution in [0.15, 0.2) is 75.0 Å². The molecule has 2 heterocycles. The van der Waals surface area contributed by atoms with Gasteiger partial charge in [0.25, 0.3) is 5.91 Å². The second kappa shape index (κ2) is 12.3.